The molecule has 0 saturated heterocycles. The van der Waals surface area contributed by atoms with Crippen LogP contribution in [0.5, 0.6) is 5.75 Å². The van der Waals surface area contributed by atoms with Crippen LogP contribution in [0.2, 0.25) is 0 Å². The summed E-state index contributed by atoms with van der Waals surface area (Å²) in [5, 5.41) is 0. The number of nitrogens with two attached hydrogens (primary N) is 1. The molecule has 4 nitrogen and oxygen atoms in total. The van der Waals surface area contributed by atoms with Crippen LogP contribution in [0.25, 0.3) is 22.4 Å². The molecule has 3 aromatic rings. The molecule has 0 unspecified atom stereocenters. The fourth-order valence-electron chi connectivity index (χ4n) is 3.48. The van der Waals surface area contributed by atoms with Gasteiger partial charge in [-0.3, -0.25) is 4.98 Å². The zero-order valence-corrected chi connectivity index (χ0v) is 14.8. The molecule has 0 atom stereocenters. The summed E-state index contributed by atoms with van der Waals surface area (Å²) >= 11 is 0. The number of benzene rings is 2. The minimum absolute atomic E-state index is 0.342. The molecule has 0 aliphatic heterocycles. The van der Waals surface area contributed by atoms with Crippen molar-refractivity contribution in [1.82, 2.24) is 9.97 Å². The molecule has 2 N–H and O–H groups in total. The molecule has 1 aliphatic rings. The highest BCUT2D eigenvalue weighted by molar-refractivity contribution is 5.73. The molecule has 1 heterocycles. The van der Waals surface area contributed by atoms with Crippen LogP contribution in [-0.2, 0) is 0 Å². The molecule has 4 rings (SSSR count). The molecular weight excluding hydrogens is 322 g/mol. The van der Waals surface area contributed by atoms with Gasteiger partial charge in [-0.25, -0.2) is 4.98 Å². The molecule has 0 radical (unpaired) electrons. The number of para-hydroxylation sites is 1. The summed E-state index contributed by atoms with van der Waals surface area (Å²) in [5.74, 6) is 1.40. The third-order valence-corrected chi connectivity index (χ3v) is 4.90. The molecule has 4 heteroatoms. The largest absolute Gasteiger partial charge is 0.490 e. The van der Waals surface area contributed by atoms with E-state index in [9.17, 15) is 0 Å². The first kappa shape index (κ1) is 16.6. The average molecular weight is 345 g/mol. The van der Waals surface area contributed by atoms with E-state index in [1.807, 2.05) is 6.07 Å². The third-order valence-electron chi connectivity index (χ3n) is 4.90. The van der Waals surface area contributed by atoms with Gasteiger partial charge in [0.2, 0.25) is 0 Å². The van der Waals surface area contributed by atoms with E-state index in [4.69, 9.17) is 10.5 Å². The van der Waals surface area contributed by atoms with Crippen LogP contribution in [0.1, 0.15) is 32.1 Å². The predicted octanol–water partition coefficient (Wildman–Crippen LogP) is 5.10. The highest BCUT2D eigenvalue weighted by Gasteiger charge is 2.16. The minimum atomic E-state index is 0.342. The van der Waals surface area contributed by atoms with Crippen LogP contribution in [0, 0.1) is 0 Å². The number of rotatable bonds is 4. The van der Waals surface area contributed by atoms with Crippen LogP contribution >= 0.6 is 0 Å². The molecule has 1 saturated carbocycles. The first-order valence-electron chi connectivity index (χ1n) is 9.23. The summed E-state index contributed by atoms with van der Waals surface area (Å²) in [4.78, 5) is 8.44. The third kappa shape index (κ3) is 3.69. The van der Waals surface area contributed by atoms with Crippen molar-refractivity contribution in [2.45, 2.75) is 38.2 Å². The van der Waals surface area contributed by atoms with E-state index in [0.717, 1.165) is 41.0 Å². The van der Waals surface area contributed by atoms with Crippen molar-refractivity contribution in [1.29, 1.82) is 0 Å². The summed E-state index contributed by atoms with van der Waals surface area (Å²) in [7, 11) is 0. The zero-order valence-electron chi connectivity index (χ0n) is 14.8. The van der Waals surface area contributed by atoms with Crippen molar-refractivity contribution in [2.24, 2.45) is 0 Å². The van der Waals surface area contributed by atoms with E-state index in [2.05, 4.69) is 52.4 Å². The van der Waals surface area contributed by atoms with Crippen LogP contribution in [0.3, 0.4) is 0 Å². The van der Waals surface area contributed by atoms with Crippen molar-refractivity contribution < 1.29 is 4.74 Å². The summed E-state index contributed by atoms with van der Waals surface area (Å²) < 4.78 is 6.33. The van der Waals surface area contributed by atoms with E-state index < -0.39 is 0 Å². The van der Waals surface area contributed by atoms with Gasteiger partial charge in [0.05, 0.1) is 24.2 Å². The van der Waals surface area contributed by atoms with Crippen molar-refractivity contribution in [3.8, 4) is 28.1 Å². The molecule has 26 heavy (non-hydrogen) atoms. The Morgan fingerprint density at radius 3 is 2.27 bits per heavy atom. The van der Waals surface area contributed by atoms with Crippen LogP contribution in [-0.4, -0.2) is 16.1 Å². The number of aromatic nitrogens is 2. The number of nitrogens with zero attached hydrogens (tertiary/aromatic N) is 2. The van der Waals surface area contributed by atoms with Gasteiger partial charge in [-0.05, 0) is 37.3 Å². The minimum Gasteiger partial charge on any atom is -0.490 e. The lowest BCUT2D eigenvalue weighted by Crippen LogP contribution is -2.19. The quantitative estimate of drug-likeness (QED) is 0.714. The lowest BCUT2D eigenvalue weighted by Gasteiger charge is -2.24. The smallest absolute Gasteiger partial charge is 0.141 e. The Balaban J connectivity index is 1.58. The Morgan fingerprint density at radius 2 is 1.54 bits per heavy atom. The highest BCUT2D eigenvalue weighted by Crippen LogP contribution is 2.33. The van der Waals surface area contributed by atoms with Gasteiger partial charge in [0.15, 0.2) is 0 Å². The molecule has 1 aromatic heterocycles. The lowest BCUT2D eigenvalue weighted by atomic mass is 9.97. The zero-order chi connectivity index (χ0) is 17.8. The number of ether oxygens (including phenoxy) is 1. The fraction of sp³-hybridized carbons (Fsp3) is 0.273. The molecule has 132 valence electrons. The molecular formula is C22H23N3O. The number of anilines is 1. The number of hydrogen-bond donors (Lipinski definition) is 1. The summed E-state index contributed by atoms with van der Waals surface area (Å²) in [6.07, 6.45) is 9.80. The number of nitrogen functional groups attached to an aromatic ring is 1. The van der Waals surface area contributed by atoms with E-state index in [1.165, 1.54) is 19.3 Å². The molecule has 0 bridgehead atoms. The van der Waals surface area contributed by atoms with E-state index in [0.29, 0.717) is 11.9 Å². The predicted molar refractivity (Wildman–Crippen MR) is 105 cm³/mol. The van der Waals surface area contributed by atoms with Crippen LogP contribution in [0.4, 0.5) is 5.82 Å². The standard InChI is InChI=1S/C22H23N3O/c23-22-15-24-20(14-25-22)17-12-10-16(11-13-17)19-8-4-5-9-21(19)26-18-6-2-1-3-7-18/h4-5,8-15,18H,1-3,6-7H2,(H2,23,25). The monoisotopic (exact) mass is 345 g/mol. The average Bonchev–Trinajstić information content (AvgIpc) is 2.70. The van der Waals surface area contributed by atoms with Gasteiger partial charge in [0.25, 0.3) is 0 Å². The van der Waals surface area contributed by atoms with Crippen molar-refractivity contribution in [3.63, 3.8) is 0 Å². The summed E-state index contributed by atoms with van der Waals surface area (Å²) in [6, 6.07) is 16.6. The van der Waals surface area contributed by atoms with Gasteiger partial charge in [0.1, 0.15) is 11.6 Å². The second-order valence-corrected chi connectivity index (χ2v) is 6.78. The van der Waals surface area contributed by atoms with E-state index >= 15 is 0 Å². The highest BCUT2D eigenvalue weighted by atomic mass is 16.5. The van der Waals surface area contributed by atoms with Gasteiger partial charge in [-0.2, -0.15) is 0 Å². The molecule has 0 spiro atoms. The van der Waals surface area contributed by atoms with Crippen molar-refractivity contribution in [3.05, 3.63) is 60.9 Å². The first-order valence-corrected chi connectivity index (χ1v) is 9.23. The molecule has 1 aliphatic carbocycles. The van der Waals surface area contributed by atoms with Gasteiger partial charge in [-0.15, -0.1) is 0 Å². The summed E-state index contributed by atoms with van der Waals surface area (Å²) in [5.41, 5.74) is 9.72. The summed E-state index contributed by atoms with van der Waals surface area (Å²) in [6.45, 7) is 0. The second-order valence-electron chi connectivity index (χ2n) is 6.78. The van der Waals surface area contributed by atoms with Gasteiger partial charge in [0, 0.05) is 11.1 Å². The maximum absolute atomic E-state index is 6.33. The molecule has 0 amide bonds. The molecule has 2 aromatic carbocycles. The SMILES string of the molecule is Nc1cnc(-c2ccc(-c3ccccc3OC3CCCCC3)cc2)cn1. The first-order chi connectivity index (χ1) is 12.8. The Morgan fingerprint density at radius 1 is 0.808 bits per heavy atom. The number of hydrogen-bond acceptors (Lipinski definition) is 4. The van der Waals surface area contributed by atoms with Crippen molar-refractivity contribution >= 4 is 5.82 Å². The van der Waals surface area contributed by atoms with E-state index in [-0.39, 0.29) is 0 Å². The van der Waals surface area contributed by atoms with Crippen LogP contribution < -0.4 is 10.5 Å². The maximum Gasteiger partial charge on any atom is 0.141 e. The Labute approximate surface area is 154 Å². The van der Waals surface area contributed by atoms with E-state index in [1.54, 1.807) is 12.4 Å². The van der Waals surface area contributed by atoms with Gasteiger partial charge in [-0.1, -0.05) is 48.9 Å². The lowest BCUT2D eigenvalue weighted by molar-refractivity contribution is 0.156. The Bertz CT molecular complexity index is 853. The normalized spacial score (nSPS) is 14.9. The van der Waals surface area contributed by atoms with Crippen molar-refractivity contribution in [2.75, 3.05) is 5.73 Å². The second kappa shape index (κ2) is 7.56. The maximum atomic E-state index is 6.33. The Kier molecular flexibility index (Phi) is 4.82. The van der Waals surface area contributed by atoms with Gasteiger partial charge >= 0.3 is 0 Å². The Hall–Kier alpha value is -2.88. The van der Waals surface area contributed by atoms with Gasteiger partial charge < -0.3 is 10.5 Å². The topological polar surface area (TPSA) is 61.0 Å². The molecule has 1 fully saturated rings. The van der Waals surface area contributed by atoms with Crippen LogP contribution in [0.15, 0.2) is 60.9 Å². The fourth-order valence-corrected chi connectivity index (χ4v) is 3.48.